The van der Waals surface area contributed by atoms with Crippen molar-refractivity contribution >= 4 is 37.6 Å². The van der Waals surface area contributed by atoms with Crippen molar-refractivity contribution in [1.82, 2.24) is 4.72 Å². The number of rotatable bonds is 4. The summed E-state index contributed by atoms with van der Waals surface area (Å²) in [6, 6.07) is 4.61. The van der Waals surface area contributed by atoms with Crippen LogP contribution in [0.5, 0.6) is 0 Å². The van der Waals surface area contributed by atoms with E-state index in [0.29, 0.717) is 22.0 Å². The average Bonchev–Trinajstić information content (AvgIpc) is 2.70. The summed E-state index contributed by atoms with van der Waals surface area (Å²) in [5.74, 6) is 0.348. The van der Waals surface area contributed by atoms with Crippen LogP contribution in [0.3, 0.4) is 0 Å². The van der Waals surface area contributed by atoms with Gasteiger partial charge in [-0.25, -0.2) is 13.1 Å². The Bertz CT molecular complexity index is 627. The Kier molecular flexibility index (Phi) is 4.05. The SMILES string of the molecule is CC1(C)C(CNS(=O)(=O)c2ccc(Cl)c(Br)c2)C1(C)C. The van der Waals surface area contributed by atoms with Crippen molar-refractivity contribution in [1.29, 1.82) is 0 Å². The normalized spacial score (nSPS) is 20.9. The standard InChI is InChI=1S/C14H19BrClNO2S/c1-13(2)12(14(13,3)4)8-17-20(18,19)9-5-6-11(16)10(15)7-9/h5-7,12,17H,8H2,1-4H3. The molecule has 6 heteroatoms. The van der Waals surface area contributed by atoms with Crippen LogP contribution in [0, 0.1) is 16.7 Å². The molecule has 0 radical (unpaired) electrons. The Balaban J connectivity index is 2.11. The summed E-state index contributed by atoms with van der Waals surface area (Å²) in [7, 11) is -3.49. The van der Waals surface area contributed by atoms with E-state index in [9.17, 15) is 8.42 Å². The van der Waals surface area contributed by atoms with Crippen molar-refractivity contribution in [3.05, 3.63) is 27.7 Å². The monoisotopic (exact) mass is 379 g/mol. The second-order valence-electron chi connectivity index (χ2n) is 6.42. The minimum Gasteiger partial charge on any atom is -0.211 e. The van der Waals surface area contributed by atoms with Gasteiger partial charge in [0.25, 0.3) is 0 Å². The molecule has 1 aromatic carbocycles. The van der Waals surface area contributed by atoms with Gasteiger partial charge in [-0.1, -0.05) is 39.3 Å². The highest BCUT2D eigenvalue weighted by molar-refractivity contribution is 9.10. The van der Waals surface area contributed by atoms with E-state index in [2.05, 4.69) is 48.3 Å². The number of nitrogens with one attached hydrogen (secondary N) is 1. The van der Waals surface area contributed by atoms with E-state index in [-0.39, 0.29) is 15.7 Å². The first-order valence-electron chi connectivity index (χ1n) is 6.45. The molecule has 2 rings (SSSR count). The molecule has 1 aromatic rings. The third kappa shape index (κ3) is 2.65. The van der Waals surface area contributed by atoms with Crippen LogP contribution in [0.4, 0.5) is 0 Å². The zero-order valence-corrected chi connectivity index (χ0v) is 15.2. The fourth-order valence-electron chi connectivity index (χ4n) is 2.76. The van der Waals surface area contributed by atoms with E-state index in [0.717, 1.165) is 0 Å². The van der Waals surface area contributed by atoms with E-state index >= 15 is 0 Å². The second kappa shape index (κ2) is 4.97. The lowest BCUT2D eigenvalue weighted by Crippen LogP contribution is -2.27. The summed E-state index contributed by atoms with van der Waals surface area (Å²) >= 11 is 9.12. The zero-order chi connectivity index (χ0) is 15.3. The highest BCUT2D eigenvalue weighted by Crippen LogP contribution is 2.67. The quantitative estimate of drug-likeness (QED) is 0.856. The van der Waals surface area contributed by atoms with E-state index in [1.807, 2.05) is 0 Å². The average molecular weight is 381 g/mol. The van der Waals surface area contributed by atoms with E-state index in [1.165, 1.54) is 12.1 Å². The summed E-state index contributed by atoms with van der Waals surface area (Å²) < 4.78 is 27.8. The van der Waals surface area contributed by atoms with Crippen molar-refractivity contribution < 1.29 is 8.42 Å². The third-order valence-corrected chi connectivity index (χ3v) is 7.63. The molecule has 0 saturated heterocycles. The lowest BCUT2D eigenvalue weighted by atomic mass is 10.0. The molecule has 0 heterocycles. The van der Waals surface area contributed by atoms with E-state index in [1.54, 1.807) is 6.07 Å². The van der Waals surface area contributed by atoms with Crippen molar-refractivity contribution in [2.24, 2.45) is 16.7 Å². The Morgan fingerprint density at radius 2 is 1.80 bits per heavy atom. The smallest absolute Gasteiger partial charge is 0.211 e. The Morgan fingerprint density at radius 1 is 1.25 bits per heavy atom. The molecule has 0 amide bonds. The van der Waals surface area contributed by atoms with Gasteiger partial charge in [-0.2, -0.15) is 0 Å². The molecule has 1 aliphatic rings. The van der Waals surface area contributed by atoms with Crippen LogP contribution >= 0.6 is 27.5 Å². The molecule has 0 spiro atoms. The predicted octanol–water partition coefficient (Wildman–Crippen LogP) is 4.06. The van der Waals surface area contributed by atoms with Gasteiger partial charge < -0.3 is 0 Å². The second-order valence-corrected chi connectivity index (χ2v) is 9.45. The van der Waals surface area contributed by atoms with Gasteiger partial charge in [0.05, 0.1) is 9.92 Å². The summed E-state index contributed by atoms with van der Waals surface area (Å²) in [6.45, 7) is 9.15. The van der Waals surface area contributed by atoms with Crippen LogP contribution in [0.25, 0.3) is 0 Å². The minimum absolute atomic E-state index is 0.163. The molecular formula is C14H19BrClNO2S. The number of halogens is 2. The molecule has 0 aromatic heterocycles. The van der Waals surface area contributed by atoms with Crippen molar-refractivity contribution in [2.75, 3.05) is 6.54 Å². The Hall–Kier alpha value is -0.100. The van der Waals surface area contributed by atoms with Gasteiger partial charge in [0, 0.05) is 11.0 Å². The van der Waals surface area contributed by atoms with Crippen molar-refractivity contribution in [3.8, 4) is 0 Å². The first kappa shape index (κ1) is 16.3. The maximum absolute atomic E-state index is 12.3. The van der Waals surface area contributed by atoms with E-state index in [4.69, 9.17) is 11.6 Å². The number of hydrogen-bond acceptors (Lipinski definition) is 2. The maximum atomic E-state index is 12.3. The van der Waals surface area contributed by atoms with Gasteiger partial charge in [-0.15, -0.1) is 0 Å². The molecular weight excluding hydrogens is 362 g/mol. The number of benzene rings is 1. The third-order valence-electron chi connectivity index (χ3n) is 5.00. The molecule has 0 unspecified atom stereocenters. The van der Waals surface area contributed by atoms with Gasteiger partial charge in [0.15, 0.2) is 0 Å². The maximum Gasteiger partial charge on any atom is 0.240 e. The molecule has 1 aliphatic carbocycles. The zero-order valence-electron chi connectivity index (χ0n) is 12.0. The summed E-state index contributed by atoms with van der Waals surface area (Å²) in [4.78, 5) is 0.227. The first-order chi connectivity index (χ1) is 9.00. The van der Waals surface area contributed by atoms with Crippen molar-refractivity contribution in [2.45, 2.75) is 32.6 Å². The fraction of sp³-hybridized carbons (Fsp3) is 0.571. The molecule has 1 fully saturated rings. The molecule has 0 bridgehead atoms. The molecule has 112 valence electrons. The number of sulfonamides is 1. The van der Waals surface area contributed by atoms with Crippen LogP contribution in [-0.4, -0.2) is 15.0 Å². The molecule has 1 saturated carbocycles. The van der Waals surface area contributed by atoms with Gasteiger partial charge in [-0.3, -0.25) is 0 Å². The predicted molar refractivity (Wildman–Crippen MR) is 85.4 cm³/mol. The largest absolute Gasteiger partial charge is 0.240 e. The van der Waals surface area contributed by atoms with Gasteiger partial charge in [0.2, 0.25) is 10.0 Å². The summed E-state index contributed by atoms with van der Waals surface area (Å²) in [6.07, 6.45) is 0. The number of hydrogen-bond donors (Lipinski definition) is 1. The lowest BCUT2D eigenvalue weighted by molar-refractivity contribution is 0.457. The van der Waals surface area contributed by atoms with Gasteiger partial charge in [0.1, 0.15) is 0 Å². The topological polar surface area (TPSA) is 46.2 Å². The molecule has 0 aliphatic heterocycles. The van der Waals surface area contributed by atoms with Crippen LogP contribution in [0.1, 0.15) is 27.7 Å². The Morgan fingerprint density at radius 3 is 2.25 bits per heavy atom. The van der Waals surface area contributed by atoms with Gasteiger partial charge >= 0.3 is 0 Å². The lowest BCUT2D eigenvalue weighted by Gasteiger charge is -2.08. The first-order valence-corrected chi connectivity index (χ1v) is 9.10. The summed E-state index contributed by atoms with van der Waals surface area (Å²) in [5.41, 5.74) is 0.326. The van der Waals surface area contributed by atoms with Crippen LogP contribution in [0.15, 0.2) is 27.6 Å². The van der Waals surface area contributed by atoms with Gasteiger partial charge in [-0.05, 0) is 50.9 Å². The highest BCUT2D eigenvalue weighted by Gasteiger charge is 2.64. The Labute approximate surface area is 134 Å². The molecule has 20 heavy (non-hydrogen) atoms. The van der Waals surface area contributed by atoms with E-state index < -0.39 is 10.0 Å². The van der Waals surface area contributed by atoms with Crippen LogP contribution in [0.2, 0.25) is 5.02 Å². The highest BCUT2D eigenvalue weighted by atomic mass is 79.9. The fourth-order valence-corrected chi connectivity index (χ4v) is 4.48. The molecule has 1 N–H and O–H groups in total. The molecule has 3 nitrogen and oxygen atoms in total. The van der Waals surface area contributed by atoms with Crippen LogP contribution < -0.4 is 4.72 Å². The van der Waals surface area contributed by atoms with Crippen molar-refractivity contribution in [3.63, 3.8) is 0 Å². The molecule has 0 atom stereocenters. The van der Waals surface area contributed by atoms with Crippen LogP contribution in [-0.2, 0) is 10.0 Å². The summed E-state index contributed by atoms with van der Waals surface area (Å²) in [5, 5.41) is 0.494. The minimum atomic E-state index is -3.49.